The van der Waals surface area contributed by atoms with Crippen LogP contribution in [0.25, 0.3) is 0 Å². The normalized spacial score (nSPS) is 16.2. The molecule has 3 rings (SSSR count). The van der Waals surface area contributed by atoms with Gasteiger partial charge < -0.3 is 20.4 Å². The number of nitrogens with zero attached hydrogens (tertiary/aromatic N) is 3. The Morgan fingerprint density at radius 1 is 1.15 bits per heavy atom. The molecule has 0 saturated carbocycles. The molecule has 1 heterocycles. The van der Waals surface area contributed by atoms with E-state index in [1.807, 2.05) is 18.2 Å². The van der Waals surface area contributed by atoms with Crippen LogP contribution in [0.3, 0.4) is 0 Å². The number of guanidine groups is 1. The molecular weight excluding hydrogens is 546 g/mol. The third-order valence-electron chi connectivity index (χ3n) is 5.23. The van der Waals surface area contributed by atoms with Crippen molar-refractivity contribution in [2.24, 2.45) is 4.99 Å². The largest absolute Gasteiger partial charge is 0.416 e. The van der Waals surface area contributed by atoms with Crippen LogP contribution in [-0.4, -0.2) is 56.5 Å². The fourth-order valence-electron chi connectivity index (χ4n) is 3.43. The summed E-state index contributed by atoms with van der Waals surface area (Å²) in [6.45, 7) is 1.73. The van der Waals surface area contributed by atoms with Gasteiger partial charge in [0.05, 0.1) is 18.7 Å². The van der Waals surface area contributed by atoms with Crippen LogP contribution in [0.1, 0.15) is 17.5 Å². The highest BCUT2D eigenvalue weighted by molar-refractivity contribution is 14.0. The van der Waals surface area contributed by atoms with Gasteiger partial charge >= 0.3 is 6.18 Å². The lowest BCUT2D eigenvalue weighted by atomic mass is 10.1. The zero-order valence-electron chi connectivity index (χ0n) is 18.6. The molecule has 1 fully saturated rings. The van der Waals surface area contributed by atoms with E-state index in [-0.39, 0.29) is 49.0 Å². The molecule has 180 valence electrons. The van der Waals surface area contributed by atoms with Crippen LogP contribution in [0.2, 0.25) is 0 Å². The van der Waals surface area contributed by atoms with Crippen LogP contribution in [0, 0.1) is 0 Å². The molecule has 2 aromatic carbocycles. The summed E-state index contributed by atoms with van der Waals surface area (Å²) in [7, 11) is 3.32. The Morgan fingerprint density at radius 3 is 2.55 bits per heavy atom. The van der Waals surface area contributed by atoms with Crippen LogP contribution in [-0.2, 0) is 17.5 Å². The predicted octanol–water partition coefficient (Wildman–Crippen LogP) is 3.73. The SMILES string of the molecule is CN(C)C(=O)CNC(=NCc1cccc(C(F)(F)F)c1)NC1CCN(c2ccccc2)C1.I. The van der Waals surface area contributed by atoms with Gasteiger partial charge in [-0.25, -0.2) is 4.99 Å². The maximum atomic E-state index is 13.0. The summed E-state index contributed by atoms with van der Waals surface area (Å²) >= 11 is 0. The van der Waals surface area contributed by atoms with Gasteiger partial charge in [-0.1, -0.05) is 30.3 Å². The molecule has 0 spiro atoms. The van der Waals surface area contributed by atoms with Gasteiger partial charge in [0.1, 0.15) is 0 Å². The number of benzene rings is 2. The number of hydrogen-bond donors (Lipinski definition) is 2. The Balaban J connectivity index is 0.00000385. The topological polar surface area (TPSA) is 60.0 Å². The molecule has 1 amide bonds. The van der Waals surface area contributed by atoms with Gasteiger partial charge in [0.2, 0.25) is 5.91 Å². The molecule has 33 heavy (non-hydrogen) atoms. The Hall–Kier alpha value is -2.50. The van der Waals surface area contributed by atoms with E-state index in [9.17, 15) is 18.0 Å². The summed E-state index contributed by atoms with van der Waals surface area (Å²) in [5.41, 5.74) is 0.872. The minimum absolute atomic E-state index is 0. The summed E-state index contributed by atoms with van der Waals surface area (Å²) in [5, 5.41) is 6.33. The minimum atomic E-state index is -4.40. The summed E-state index contributed by atoms with van der Waals surface area (Å²) < 4.78 is 39.0. The van der Waals surface area contributed by atoms with Gasteiger partial charge in [-0.05, 0) is 36.2 Å². The third kappa shape index (κ3) is 8.09. The molecule has 1 saturated heterocycles. The van der Waals surface area contributed by atoms with Gasteiger partial charge in [0.15, 0.2) is 5.96 Å². The van der Waals surface area contributed by atoms with Gasteiger partial charge in [-0.15, -0.1) is 24.0 Å². The Kier molecular flexibility index (Phi) is 9.81. The molecule has 1 atom stereocenters. The van der Waals surface area contributed by atoms with Crippen molar-refractivity contribution in [2.45, 2.75) is 25.2 Å². The Morgan fingerprint density at radius 2 is 1.88 bits per heavy atom. The fraction of sp³-hybridized carbons (Fsp3) is 0.391. The van der Waals surface area contributed by atoms with Crippen LogP contribution in [0.15, 0.2) is 59.6 Å². The summed E-state index contributed by atoms with van der Waals surface area (Å²) in [6.07, 6.45) is -3.53. The number of anilines is 1. The number of likely N-dealkylation sites (N-methyl/N-ethyl adjacent to an activating group) is 1. The van der Waals surface area contributed by atoms with Crippen molar-refractivity contribution in [3.05, 3.63) is 65.7 Å². The molecule has 2 aromatic rings. The first-order valence-electron chi connectivity index (χ1n) is 10.4. The summed E-state index contributed by atoms with van der Waals surface area (Å²) in [4.78, 5) is 20.2. The number of para-hydroxylation sites is 1. The Labute approximate surface area is 209 Å². The van der Waals surface area contributed by atoms with Gasteiger partial charge in [-0.2, -0.15) is 13.2 Å². The van der Waals surface area contributed by atoms with Crippen LogP contribution in [0.5, 0.6) is 0 Å². The average Bonchev–Trinajstić information content (AvgIpc) is 3.24. The van der Waals surface area contributed by atoms with Crippen LogP contribution in [0.4, 0.5) is 18.9 Å². The highest BCUT2D eigenvalue weighted by atomic mass is 127. The van der Waals surface area contributed by atoms with Crippen LogP contribution < -0.4 is 15.5 Å². The lowest BCUT2D eigenvalue weighted by Crippen LogP contribution is -2.47. The second-order valence-corrected chi connectivity index (χ2v) is 7.92. The molecule has 1 aliphatic rings. The molecule has 1 aliphatic heterocycles. The second kappa shape index (κ2) is 12.1. The van der Waals surface area contributed by atoms with E-state index < -0.39 is 11.7 Å². The van der Waals surface area contributed by atoms with E-state index in [4.69, 9.17) is 0 Å². The molecule has 0 bridgehead atoms. The van der Waals surface area contributed by atoms with Crippen molar-refractivity contribution in [3.63, 3.8) is 0 Å². The summed E-state index contributed by atoms with van der Waals surface area (Å²) in [6, 6.07) is 15.3. The predicted molar refractivity (Wildman–Crippen MR) is 135 cm³/mol. The highest BCUT2D eigenvalue weighted by Gasteiger charge is 2.30. The minimum Gasteiger partial charge on any atom is -0.369 e. The number of amides is 1. The molecule has 0 aromatic heterocycles. The lowest BCUT2D eigenvalue weighted by molar-refractivity contribution is -0.137. The van der Waals surface area contributed by atoms with Crippen molar-refractivity contribution in [2.75, 3.05) is 38.6 Å². The van der Waals surface area contributed by atoms with E-state index in [1.165, 1.54) is 11.0 Å². The van der Waals surface area contributed by atoms with Crippen molar-refractivity contribution >= 4 is 41.5 Å². The van der Waals surface area contributed by atoms with Gasteiger partial charge in [-0.3, -0.25) is 4.79 Å². The maximum absolute atomic E-state index is 13.0. The molecule has 0 aliphatic carbocycles. The van der Waals surface area contributed by atoms with E-state index >= 15 is 0 Å². The standard InChI is InChI=1S/C23H28F3N5O.HI/c1-30(2)21(32)15-28-22(27-14-17-7-6-8-18(13-17)23(24,25)26)29-19-11-12-31(16-19)20-9-4-3-5-10-20;/h3-10,13,19H,11-12,14-16H2,1-2H3,(H2,27,28,29);1H. The van der Waals surface area contributed by atoms with E-state index in [0.29, 0.717) is 11.5 Å². The molecule has 6 nitrogen and oxygen atoms in total. The zero-order valence-corrected chi connectivity index (χ0v) is 20.9. The van der Waals surface area contributed by atoms with Gasteiger partial charge in [0, 0.05) is 38.9 Å². The number of rotatable bonds is 6. The first-order valence-corrected chi connectivity index (χ1v) is 10.4. The van der Waals surface area contributed by atoms with Crippen molar-refractivity contribution in [1.82, 2.24) is 15.5 Å². The third-order valence-corrected chi connectivity index (χ3v) is 5.23. The molecule has 10 heteroatoms. The number of hydrogen-bond acceptors (Lipinski definition) is 3. The first kappa shape index (κ1) is 26.7. The van der Waals surface area contributed by atoms with Crippen LogP contribution >= 0.6 is 24.0 Å². The quantitative estimate of drug-likeness (QED) is 0.313. The fourth-order valence-corrected chi connectivity index (χ4v) is 3.43. The highest BCUT2D eigenvalue weighted by Crippen LogP contribution is 2.29. The van der Waals surface area contributed by atoms with Crippen molar-refractivity contribution in [3.8, 4) is 0 Å². The Bertz CT molecular complexity index is 937. The first-order chi connectivity index (χ1) is 15.2. The average molecular weight is 575 g/mol. The lowest BCUT2D eigenvalue weighted by Gasteiger charge is -2.21. The molecular formula is C23H29F3IN5O. The zero-order chi connectivity index (χ0) is 23.1. The monoisotopic (exact) mass is 575 g/mol. The maximum Gasteiger partial charge on any atom is 0.416 e. The number of aliphatic imine (C=N–C) groups is 1. The summed E-state index contributed by atoms with van der Waals surface area (Å²) in [5.74, 6) is 0.272. The number of nitrogens with one attached hydrogen (secondary N) is 2. The molecule has 1 unspecified atom stereocenters. The van der Waals surface area contributed by atoms with E-state index in [0.717, 1.165) is 37.3 Å². The molecule has 0 radical (unpaired) electrons. The molecule has 2 N–H and O–H groups in total. The number of carbonyl (C=O) groups is 1. The van der Waals surface area contributed by atoms with Crippen molar-refractivity contribution < 1.29 is 18.0 Å². The van der Waals surface area contributed by atoms with E-state index in [2.05, 4.69) is 32.7 Å². The van der Waals surface area contributed by atoms with Gasteiger partial charge in [0.25, 0.3) is 0 Å². The van der Waals surface area contributed by atoms with Crippen molar-refractivity contribution in [1.29, 1.82) is 0 Å². The number of alkyl halides is 3. The number of carbonyl (C=O) groups excluding carboxylic acids is 1. The number of halogens is 4. The smallest absolute Gasteiger partial charge is 0.369 e. The van der Waals surface area contributed by atoms with E-state index in [1.54, 1.807) is 20.2 Å². The second-order valence-electron chi connectivity index (χ2n) is 7.92.